The number of fused-ring (bicyclic) bond motifs is 1. The summed E-state index contributed by atoms with van der Waals surface area (Å²) in [6.07, 6.45) is 5.70. The van der Waals surface area contributed by atoms with Crippen LogP contribution in [0, 0.1) is 0 Å². The smallest absolute Gasteiger partial charge is 0.267 e. The highest BCUT2D eigenvalue weighted by atomic mass is 16.5. The van der Waals surface area contributed by atoms with Crippen LogP contribution < -0.4 is 5.56 Å². The molecule has 0 radical (unpaired) electrons. The topological polar surface area (TPSA) is 73.8 Å². The first-order chi connectivity index (χ1) is 12.3. The highest BCUT2D eigenvalue weighted by molar-refractivity contribution is 5.20. The molecule has 4 rings (SSSR count). The summed E-state index contributed by atoms with van der Waals surface area (Å²) in [5.41, 5.74) is 3.24. The quantitative estimate of drug-likeness (QED) is 0.715. The molecule has 2 aromatic heterocycles. The lowest BCUT2D eigenvalue weighted by atomic mass is 9.97. The van der Waals surface area contributed by atoms with Crippen molar-refractivity contribution in [1.29, 1.82) is 0 Å². The molecule has 0 saturated heterocycles. The van der Waals surface area contributed by atoms with E-state index in [4.69, 9.17) is 4.52 Å². The molecule has 0 atom stereocenters. The largest absolute Gasteiger partial charge is 0.337 e. The van der Waals surface area contributed by atoms with Crippen LogP contribution >= 0.6 is 0 Å². The van der Waals surface area contributed by atoms with Crippen molar-refractivity contribution < 1.29 is 4.52 Å². The van der Waals surface area contributed by atoms with Crippen LogP contribution in [0.15, 0.2) is 45.7 Å². The summed E-state index contributed by atoms with van der Waals surface area (Å²) in [7, 11) is 0. The van der Waals surface area contributed by atoms with E-state index >= 15 is 0 Å². The van der Waals surface area contributed by atoms with Gasteiger partial charge in [-0.05, 0) is 43.2 Å². The molecule has 2 heterocycles. The van der Waals surface area contributed by atoms with Gasteiger partial charge < -0.3 is 4.52 Å². The van der Waals surface area contributed by atoms with Crippen molar-refractivity contribution in [3.63, 3.8) is 0 Å². The summed E-state index contributed by atoms with van der Waals surface area (Å²) in [6.45, 7) is 0.227. The van der Waals surface area contributed by atoms with Gasteiger partial charge in [0.15, 0.2) is 5.82 Å². The van der Waals surface area contributed by atoms with E-state index in [0.29, 0.717) is 18.1 Å². The molecule has 0 bridgehead atoms. The van der Waals surface area contributed by atoms with Gasteiger partial charge in [0.1, 0.15) is 6.54 Å². The van der Waals surface area contributed by atoms with E-state index in [0.717, 1.165) is 43.4 Å². The van der Waals surface area contributed by atoms with Gasteiger partial charge in [0, 0.05) is 12.5 Å². The van der Waals surface area contributed by atoms with Gasteiger partial charge in [-0.25, -0.2) is 4.68 Å². The van der Waals surface area contributed by atoms with Gasteiger partial charge in [-0.15, -0.1) is 0 Å². The van der Waals surface area contributed by atoms with Crippen LogP contribution in [-0.2, 0) is 32.2 Å². The van der Waals surface area contributed by atoms with Gasteiger partial charge >= 0.3 is 0 Å². The van der Waals surface area contributed by atoms with Crippen molar-refractivity contribution in [1.82, 2.24) is 19.9 Å². The average Bonchev–Trinajstić information content (AvgIpc) is 3.09. The van der Waals surface area contributed by atoms with Crippen LogP contribution in [0.1, 0.15) is 41.4 Å². The van der Waals surface area contributed by atoms with E-state index in [9.17, 15) is 4.79 Å². The van der Waals surface area contributed by atoms with Crippen molar-refractivity contribution in [3.8, 4) is 0 Å². The molecule has 1 aliphatic rings. The van der Waals surface area contributed by atoms with Gasteiger partial charge in [-0.3, -0.25) is 4.79 Å². The molecule has 3 aromatic rings. The molecule has 0 N–H and O–H groups in total. The lowest BCUT2D eigenvalue weighted by Gasteiger charge is -2.15. The molecular weight excluding hydrogens is 316 g/mol. The Morgan fingerprint density at radius 2 is 1.92 bits per heavy atom. The number of hydrogen-bond acceptors (Lipinski definition) is 5. The van der Waals surface area contributed by atoms with Crippen LogP contribution in [0.2, 0.25) is 0 Å². The normalized spacial score (nSPS) is 13.6. The van der Waals surface area contributed by atoms with Crippen molar-refractivity contribution in [2.45, 2.75) is 45.1 Å². The molecule has 6 nitrogen and oxygen atoms in total. The zero-order chi connectivity index (χ0) is 17.1. The minimum atomic E-state index is -0.107. The Balaban J connectivity index is 1.45. The van der Waals surface area contributed by atoms with Gasteiger partial charge in [0.2, 0.25) is 5.89 Å². The maximum atomic E-state index is 12.2. The third-order valence-corrected chi connectivity index (χ3v) is 4.55. The summed E-state index contributed by atoms with van der Waals surface area (Å²) >= 11 is 0. The van der Waals surface area contributed by atoms with E-state index in [1.807, 2.05) is 18.2 Å². The highest BCUT2D eigenvalue weighted by Gasteiger charge is 2.15. The van der Waals surface area contributed by atoms with Gasteiger partial charge in [0.05, 0.1) is 5.69 Å². The minimum absolute atomic E-state index is 0.107. The molecule has 128 valence electrons. The van der Waals surface area contributed by atoms with Gasteiger partial charge in [-0.1, -0.05) is 35.5 Å². The number of nitrogens with zero attached hydrogens (tertiary/aromatic N) is 4. The van der Waals surface area contributed by atoms with Gasteiger partial charge in [-0.2, -0.15) is 10.1 Å². The molecule has 0 aliphatic heterocycles. The fraction of sp³-hybridized carbons (Fsp3) is 0.368. The predicted octanol–water partition coefficient (Wildman–Crippen LogP) is 2.34. The van der Waals surface area contributed by atoms with Crippen molar-refractivity contribution in [2.24, 2.45) is 0 Å². The van der Waals surface area contributed by atoms with Crippen LogP contribution in [0.5, 0.6) is 0 Å². The van der Waals surface area contributed by atoms with E-state index in [-0.39, 0.29) is 12.1 Å². The van der Waals surface area contributed by atoms with E-state index in [1.54, 1.807) is 6.07 Å². The molecule has 0 fully saturated rings. The van der Waals surface area contributed by atoms with E-state index in [2.05, 4.69) is 27.4 Å². The standard InChI is InChI=1S/C19H20N4O2/c24-19-12-15-8-4-5-9-16(15)21-23(19)13-18-20-17(22-25-18)11-10-14-6-2-1-3-7-14/h1-3,6-7,12H,4-5,8-11,13H2. The van der Waals surface area contributed by atoms with Crippen molar-refractivity contribution in [2.75, 3.05) is 0 Å². The lowest BCUT2D eigenvalue weighted by Crippen LogP contribution is -2.26. The number of aryl methyl sites for hydroxylation is 4. The second-order valence-corrected chi connectivity index (χ2v) is 6.41. The van der Waals surface area contributed by atoms with Gasteiger partial charge in [0.25, 0.3) is 5.56 Å². The molecule has 0 unspecified atom stereocenters. The Morgan fingerprint density at radius 1 is 1.08 bits per heavy atom. The first-order valence-corrected chi connectivity index (χ1v) is 8.73. The third-order valence-electron chi connectivity index (χ3n) is 4.55. The molecular formula is C19H20N4O2. The Hall–Kier alpha value is -2.76. The molecule has 1 aliphatic carbocycles. The summed E-state index contributed by atoms with van der Waals surface area (Å²) in [5, 5.41) is 8.50. The molecule has 0 spiro atoms. The zero-order valence-corrected chi connectivity index (χ0v) is 14.0. The second-order valence-electron chi connectivity index (χ2n) is 6.41. The van der Waals surface area contributed by atoms with Crippen LogP contribution in [-0.4, -0.2) is 19.9 Å². The van der Waals surface area contributed by atoms with Crippen molar-refractivity contribution in [3.05, 3.63) is 75.3 Å². The maximum Gasteiger partial charge on any atom is 0.267 e. The number of hydrogen-bond donors (Lipinski definition) is 0. The lowest BCUT2D eigenvalue weighted by molar-refractivity contribution is 0.357. The van der Waals surface area contributed by atoms with Crippen LogP contribution in [0.3, 0.4) is 0 Å². The maximum absolute atomic E-state index is 12.2. The Morgan fingerprint density at radius 3 is 2.80 bits per heavy atom. The molecule has 6 heteroatoms. The fourth-order valence-electron chi connectivity index (χ4n) is 3.20. The SMILES string of the molecule is O=c1cc2c(nn1Cc1nc(CCc3ccccc3)no1)CCCC2. The zero-order valence-electron chi connectivity index (χ0n) is 14.0. The highest BCUT2D eigenvalue weighted by Crippen LogP contribution is 2.17. The molecule has 0 amide bonds. The number of benzene rings is 1. The van der Waals surface area contributed by atoms with Crippen LogP contribution in [0.4, 0.5) is 0 Å². The van der Waals surface area contributed by atoms with Crippen molar-refractivity contribution >= 4 is 0 Å². The fourth-order valence-corrected chi connectivity index (χ4v) is 3.20. The minimum Gasteiger partial charge on any atom is -0.337 e. The monoisotopic (exact) mass is 336 g/mol. The Kier molecular flexibility index (Phi) is 4.41. The van der Waals surface area contributed by atoms with E-state index < -0.39 is 0 Å². The number of rotatable bonds is 5. The summed E-state index contributed by atoms with van der Waals surface area (Å²) in [5.74, 6) is 1.08. The summed E-state index contributed by atoms with van der Waals surface area (Å²) in [4.78, 5) is 16.6. The Labute approximate surface area is 145 Å². The average molecular weight is 336 g/mol. The molecule has 25 heavy (non-hydrogen) atoms. The Bertz CT molecular complexity index is 915. The first-order valence-electron chi connectivity index (χ1n) is 8.73. The summed E-state index contributed by atoms with van der Waals surface area (Å²) in [6, 6.07) is 11.9. The molecule has 1 aromatic carbocycles. The third kappa shape index (κ3) is 3.68. The first kappa shape index (κ1) is 15.7. The predicted molar refractivity (Wildman–Crippen MR) is 92.4 cm³/mol. The second kappa shape index (κ2) is 7.01. The van der Waals surface area contributed by atoms with E-state index in [1.165, 1.54) is 10.2 Å². The van der Waals surface area contributed by atoms with Crippen LogP contribution in [0.25, 0.3) is 0 Å². The molecule has 0 saturated carbocycles. The summed E-state index contributed by atoms with van der Waals surface area (Å²) < 4.78 is 6.72. The number of aromatic nitrogens is 4.